The molecule has 0 heterocycles. The van der Waals surface area contributed by atoms with Crippen molar-refractivity contribution in [2.75, 3.05) is 6.61 Å². The summed E-state index contributed by atoms with van der Waals surface area (Å²) in [6.07, 6.45) is 1.56. The van der Waals surface area contributed by atoms with Gasteiger partial charge in [0.25, 0.3) is 5.91 Å². The van der Waals surface area contributed by atoms with Crippen LogP contribution in [0.1, 0.15) is 28.4 Å². The molecule has 0 bridgehead atoms. The summed E-state index contributed by atoms with van der Waals surface area (Å²) in [4.78, 5) is 12.6. The van der Waals surface area contributed by atoms with Gasteiger partial charge in [0.1, 0.15) is 18.1 Å². The molecule has 3 aromatic rings. The summed E-state index contributed by atoms with van der Waals surface area (Å²) < 4.78 is 11.4. The zero-order valence-electron chi connectivity index (χ0n) is 16.0. The monoisotopic (exact) mass is 408 g/mol. The number of halogens is 1. The summed E-state index contributed by atoms with van der Waals surface area (Å²) >= 11 is 5.90. The molecule has 0 aliphatic rings. The quantitative estimate of drug-likeness (QED) is 0.417. The highest BCUT2D eigenvalue weighted by atomic mass is 35.5. The minimum atomic E-state index is -0.359. The normalized spacial score (nSPS) is 10.7. The van der Waals surface area contributed by atoms with Crippen LogP contribution in [0.3, 0.4) is 0 Å². The van der Waals surface area contributed by atoms with E-state index in [1.807, 2.05) is 49.4 Å². The third kappa shape index (κ3) is 5.83. The van der Waals surface area contributed by atoms with Gasteiger partial charge in [0, 0.05) is 10.6 Å². The standard InChI is InChI=1S/C23H21ClN2O3/c1-2-28-21-9-5-3-7-18(21)15-25-26-23(27)20-8-4-6-10-22(20)29-16-17-11-13-19(24)14-12-17/h3-15H,2,16H2,1H3,(H,26,27)/b25-15-. The Morgan fingerprint density at radius 1 is 0.966 bits per heavy atom. The molecule has 29 heavy (non-hydrogen) atoms. The van der Waals surface area contributed by atoms with Gasteiger partial charge in [0.05, 0.1) is 18.4 Å². The van der Waals surface area contributed by atoms with Crippen molar-refractivity contribution in [3.63, 3.8) is 0 Å². The summed E-state index contributed by atoms with van der Waals surface area (Å²) in [5, 5.41) is 4.72. The van der Waals surface area contributed by atoms with Gasteiger partial charge in [-0.1, -0.05) is 48.0 Å². The Hall–Kier alpha value is -3.31. The molecule has 0 spiro atoms. The SMILES string of the molecule is CCOc1ccccc1/C=N\NC(=O)c1ccccc1OCc1ccc(Cl)cc1. The van der Waals surface area contributed by atoms with E-state index in [1.165, 1.54) is 0 Å². The first kappa shape index (κ1) is 20.4. The van der Waals surface area contributed by atoms with E-state index < -0.39 is 0 Å². The van der Waals surface area contributed by atoms with Crippen LogP contribution < -0.4 is 14.9 Å². The van der Waals surface area contributed by atoms with Crippen LogP contribution in [0.15, 0.2) is 77.9 Å². The van der Waals surface area contributed by atoms with E-state index in [9.17, 15) is 4.79 Å². The first-order chi connectivity index (χ1) is 14.2. The van der Waals surface area contributed by atoms with E-state index >= 15 is 0 Å². The van der Waals surface area contributed by atoms with Crippen LogP contribution in [0.25, 0.3) is 0 Å². The average molecular weight is 409 g/mol. The van der Waals surface area contributed by atoms with Gasteiger partial charge in [-0.05, 0) is 48.9 Å². The highest BCUT2D eigenvalue weighted by Gasteiger charge is 2.11. The molecule has 0 saturated carbocycles. The molecule has 0 fully saturated rings. The number of carbonyl (C=O) groups is 1. The van der Waals surface area contributed by atoms with Gasteiger partial charge in [0.2, 0.25) is 0 Å². The number of para-hydroxylation sites is 2. The molecule has 0 aromatic heterocycles. The average Bonchev–Trinajstić information content (AvgIpc) is 2.75. The van der Waals surface area contributed by atoms with Gasteiger partial charge >= 0.3 is 0 Å². The number of hydrogen-bond acceptors (Lipinski definition) is 4. The van der Waals surface area contributed by atoms with E-state index in [-0.39, 0.29) is 5.91 Å². The smallest absolute Gasteiger partial charge is 0.275 e. The maximum Gasteiger partial charge on any atom is 0.275 e. The molecule has 1 N–H and O–H groups in total. The second-order valence-corrected chi connectivity index (χ2v) is 6.52. The van der Waals surface area contributed by atoms with Crippen LogP contribution in [-0.2, 0) is 6.61 Å². The molecule has 0 aliphatic heterocycles. The topological polar surface area (TPSA) is 59.9 Å². The molecule has 6 heteroatoms. The van der Waals surface area contributed by atoms with Gasteiger partial charge in [-0.25, -0.2) is 5.43 Å². The van der Waals surface area contributed by atoms with Gasteiger partial charge in [-0.3, -0.25) is 4.79 Å². The van der Waals surface area contributed by atoms with Crippen molar-refractivity contribution in [1.29, 1.82) is 0 Å². The summed E-state index contributed by atoms with van der Waals surface area (Å²) in [6.45, 7) is 2.79. The zero-order valence-corrected chi connectivity index (χ0v) is 16.7. The van der Waals surface area contributed by atoms with Crippen molar-refractivity contribution in [1.82, 2.24) is 5.43 Å². The Morgan fingerprint density at radius 3 is 2.41 bits per heavy atom. The number of benzene rings is 3. The number of hydrazone groups is 1. The van der Waals surface area contributed by atoms with Gasteiger partial charge in [-0.15, -0.1) is 0 Å². The van der Waals surface area contributed by atoms with Crippen molar-refractivity contribution in [2.45, 2.75) is 13.5 Å². The summed E-state index contributed by atoms with van der Waals surface area (Å²) in [7, 11) is 0. The molecular weight excluding hydrogens is 388 g/mol. The number of nitrogens with zero attached hydrogens (tertiary/aromatic N) is 1. The highest BCUT2D eigenvalue weighted by Crippen LogP contribution is 2.20. The summed E-state index contributed by atoms with van der Waals surface area (Å²) in [5.41, 5.74) is 4.67. The molecule has 148 valence electrons. The highest BCUT2D eigenvalue weighted by molar-refractivity contribution is 6.30. The second-order valence-electron chi connectivity index (χ2n) is 6.08. The third-order valence-corrected chi connectivity index (χ3v) is 4.28. The number of amides is 1. The van der Waals surface area contributed by atoms with E-state index in [0.29, 0.717) is 35.3 Å². The van der Waals surface area contributed by atoms with Crippen LogP contribution in [-0.4, -0.2) is 18.7 Å². The largest absolute Gasteiger partial charge is 0.493 e. The van der Waals surface area contributed by atoms with Crippen LogP contribution >= 0.6 is 11.6 Å². The van der Waals surface area contributed by atoms with Gasteiger partial charge < -0.3 is 9.47 Å². The number of nitrogens with one attached hydrogen (secondary N) is 1. The van der Waals surface area contributed by atoms with Crippen molar-refractivity contribution in [3.8, 4) is 11.5 Å². The fraction of sp³-hybridized carbons (Fsp3) is 0.130. The Bertz CT molecular complexity index is 987. The number of hydrogen-bond donors (Lipinski definition) is 1. The molecule has 0 unspecified atom stereocenters. The van der Waals surface area contributed by atoms with Crippen LogP contribution in [0.2, 0.25) is 5.02 Å². The molecule has 0 aliphatic carbocycles. The maximum absolute atomic E-state index is 12.6. The zero-order chi connectivity index (χ0) is 20.5. The number of carbonyl (C=O) groups excluding carboxylic acids is 1. The van der Waals surface area contributed by atoms with Crippen molar-refractivity contribution < 1.29 is 14.3 Å². The molecule has 1 amide bonds. The Labute approximate surface area is 174 Å². The van der Waals surface area contributed by atoms with Crippen LogP contribution in [0, 0.1) is 0 Å². The molecule has 0 radical (unpaired) electrons. The van der Waals surface area contributed by atoms with E-state index in [2.05, 4.69) is 10.5 Å². The van der Waals surface area contributed by atoms with Gasteiger partial charge in [0.15, 0.2) is 0 Å². The minimum absolute atomic E-state index is 0.326. The summed E-state index contributed by atoms with van der Waals surface area (Å²) in [6, 6.07) is 21.9. The molecule has 5 nitrogen and oxygen atoms in total. The van der Waals surface area contributed by atoms with Crippen molar-refractivity contribution in [3.05, 3.63) is 94.5 Å². The van der Waals surface area contributed by atoms with Crippen molar-refractivity contribution >= 4 is 23.7 Å². The van der Waals surface area contributed by atoms with E-state index in [0.717, 1.165) is 11.1 Å². The fourth-order valence-corrected chi connectivity index (χ4v) is 2.74. The number of ether oxygens (including phenoxy) is 2. The molecule has 3 aromatic carbocycles. The van der Waals surface area contributed by atoms with Gasteiger partial charge in [-0.2, -0.15) is 5.10 Å². The predicted molar refractivity (Wildman–Crippen MR) is 115 cm³/mol. The lowest BCUT2D eigenvalue weighted by Gasteiger charge is -2.10. The Kier molecular flexibility index (Phi) is 7.25. The maximum atomic E-state index is 12.6. The lowest BCUT2D eigenvalue weighted by Crippen LogP contribution is -2.18. The third-order valence-electron chi connectivity index (χ3n) is 4.03. The van der Waals surface area contributed by atoms with Crippen molar-refractivity contribution in [2.24, 2.45) is 5.10 Å². The van der Waals surface area contributed by atoms with E-state index in [1.54, 1.807) is 36.5 Å². The first-order valence-electron chi connectivity index (χ1n) is 9.19. The molecular formula is C23H21ClN2O3. The first-order valence-corrected chi connectivity index (χ1v) is 9.56. The minimum Gasteiger partial charge on any atom is -0.493 e. The number of rotatable bonds is 8. The second kappa shape index (κ2) is 10.3. The van der Waals surface area contributed by atoms with Crippen LogP contribution in [0.5, 0.6) is 11.5 Å². The predicted octanol–water partition coefficient (Wildman–Crippen LogP) is 5.08. The fourth-order valence-electron chi connectivity index (χ4n) is 2.62. The van der Waals surface area contributed by atoms with E-state index in [4.69, 9.17) is 21.1 Å². The Morgan fingerprint density at radius 2 is 1.66 bits per heavy atom. The lowest BCUT2D eigenvalue weighted by atomic mass is 10.2. The van der Waals surface area contributed by atoms with Crippen LogP contribution in [0.4, 0.5) is 0 Å². The lowest BCUT2D eigenvalue weighted by molar-refractivity contribution is 0.0950. The molecule has 3 rings (SSSR count). The Balaban J connectivity index is 1.66. The molecule has 0 saturated heterocycles. The molecule has 0 atom stereocenters. The summed E-state index contributed by atoms with van der Waals surface area (Å²) in [5.74, 6) is 0.825.